The molecule has 2 aliphatic rings. The van der Waals surface area contributed by atoms with E-state index in [4.69, 9.17) is 4.98 Å². The van der Waals surface area contributed by atoms with E-state index in [-0.39, 0.29) is 53.5 Å². The molecule has 0 saturated carbocycles. The second-order valence-corrected chi connectivity index (χ2v) is 11.5. The van der Waals surface area contributed by atoms with Crippen LogP contribution in [0.2, 0.25) is 0 Å². The van der Waals surface area contributed by atoms with Gasteiger partial charge < -0.3 is 56.9 Å². The maximum Gasteiger partial charge on any atom is 0.267 e. The summed E-state index contributed by atoms with van der Waals surface area (Å²) >= 11 is 1.76. The molecule has 5 nitrogen and oxygen atoms in total. The van der Waals surface area contributed by atoms with Crippen molar-refractivity contribution in [3.8, 4) is 5.69 Å². The molecule has 0 spiro atoms. The summed E-state index contributed by atoms with van der Waals surface area (Å²) in [7, 11) is 6.96. The Morgan fingerprint density at radius 1 is 1.00 bits per heavy atom. The van der Waals surface area contributed by atoms with E-state index >= 15 is 0 Å². The molecular weight excluding hydrogens is 658 g/mol. The van der Waals surface area contributed by atoms with Gasteiger partial charge in [0, 0.05) is 4.88 Å². The SMILES string of the molecule is Cc1ccccc1-n1c(C[N+]2(C)CC[N+](C)(C)CC2)nc2sc3c(c2c1=O)CCCC3.[I-].[I-]. The number of aromatic nitrogens is 2. The van der Waals surface area contributed by atoms with Gasteiger partial charge in [-0.15, -0.1) is 11.3 Å². The Kier molecular flexibility index (Phi) is 8.36. The number of thiophene rings is 1. The van der Waals surface area contributed by atoms with Crippen LogP contribution in [-0.2, 0) is 19.4 Å². The fraction of sp³-hybridized carbons (Fsp3) is 0.520. The number of likely N-dealkylation sites (N-methyl/N-ethyl adjacent to an activating group) is 2. The average Bonchev–Trinajstić information content (AvgIpc) is 3.10. The minimum absolute atomic E-state index is 0. The number of benzene rings is 1. The first-order chi connectivity index (χ1) is 14.8. The number of fused-ring (bicyclic) bond motifs is 3. The van der Waals surface area contributed by atoms with E-state index < -0.39 is 0 Å². The summed E-state index contributed by atoms with van der Waals surface area (Å²) in [4.78, 5) is 21.5. The van der Waals surface area contributed by atoms with Crippen LogP contribution in [0.15, 0.2) is 29.1 Å². The third kappa shape index (κ3) is 5.19. The van der Waals surface area contributed by atoms with Crippen molar-refractivity contribution in [1.29, 1.82) is 0 Å². The van der Waals surface area contributed by atoms with Gasteiger partial charge in [-0.25, -0.2) is 4.98 Å². The molecule has 0 bridgehead atoms. The minimum Gasteiger partial charge on any atom is -1.00 e. The molecule has 3 aromatic rings. The van der Waals surface area contributed by atoms with Crippen molar-refractivity contribution in [2.24, 2.45) is 0 Å². The Labute approximate surface area is 235 Å². The fourth-order valence-electron chi connectivity index (χ4n) is 5.16. The van der Waals surface area contributed by atoms with Crippen molar-refractivity contribution in [2.75, 3.05) is 47.3 Å². The normalized spacial score (nSPS) is 18.8. The van der Waals surface area contributed by atoms with E-state index in [9.17, 15) is 4.79 Å². The van der Waals surface area contributed by atoms with Crippen LogP contribution in [0.3, 0.4) is 0 Å². The van der Waals surface area contributed by atoms with Crippen molar-refractivity contribution >= 4 is 21.6 Å². The van der Waals surface area contributed by atoms with E-state index in [1.54, 1.807) is 11.3 Å². The molecule has 8 heteroatoms. The number of hydrogen-bond donors (Lipinski definition) is 0. The summed E-state index contributed by atoms with van der Waals surface area (Å²) in [5, 5.41) is 0.880. The van der Waals surface area contributed by atoms with Gasteiger partial charge in [0.1, 0.15) is 37.6 Å². The molecule has 0 radical (unpaired) electrons. The van der Waals surface area contributed by atoms with Crippen molar-refractivity contribution in [3.63, 3.8) is 0 Å². The summed E-state index contributed by atoms with van der Waals surface area (Å²) in [6.07, 6.45) is 4.51. The lowest BCUT2D eigenvalue weighted by molar-refractivity contribution is -1.01. The number of quaternary nitrogens is 2. The molecule has 3 heterocycles. The summed E-state index contributed by atoms with van der Waals surface area (Å²) in [6.45, 7) is 7.41. The van der Waals surface area contributed by atoms with Gasteiger partial charge in [0.15, 0.2) is 5.82 Å². The van der Waals surface area contributed by atoms with Crippen molar-refractivity contribution in [2.45, 2.75) is 39.2 Å². The highest BCUT2D eigenvalue weighted by atomic mass is 127. The summed E-state index contributed by atoms with van der Waals surface area (Å²) in [5.74, 6) is 0.917. The van der Waals surface area contributed by atoms with E-state index in [1.807, 2.05) is 16.7 Å². The molecular formula is C25H34I2N4OS. The quantitative estimate of drug-likeness (QED) is 0.229. The molecule has 0 amide bonds. The largest absolute Gasteiger partial charge is 1.00 e. The zero-order valence-corrected chi connectivity index (χ0v) is 25.2. The van der Waals surface area contributed by atoms with E-state index in [2.05, 4.69) is 40.2 Å². The Bertz CT molecular complexity index is 1210. The van der Waals surface area contributed by atoms with Crippen LogP contribution >= 0.6 is 11.3 Å². The monoisotopic (exact) mass is 692 g/mol. The van der Waals surface area contributed by atoms with Crippen molar-refractivity contribution in [1.82, 2.24) is 9.55 Å². The van der Waals surface area contributed by atoms with Gasteiger partial charge in [0.05, 0.1) is 32.2 Å². The molecule has 2 aromatic heterocycles. The van der Waals surface area contributed by atoms with Gasteiger partial charge in [0.25, 0.3) is 5.56 Å². The fourth-order valence-corrected chi connectivity index (χ4v) is 6.43. The molecule has 1 aliphatic carbocycles. The van der Waals surface area contributed by atoms with Crippen molar-refractivity contribution in [3.05, 3.63) is 56.4 Å². The Morgan fingerprint density at radius 2 is 1.67 bits per heavy atom. The number of rotatable bonds is 3. The molecule has 1 fully saturated rings. The van der Waals surface area contributed by atoms with Gasteiger partial charge in [-0.05, 0) is 49.8 Å². The molecule has 33 heavy (non-hydrogen) atoms. The van der Waals surface area contributed by atoms with Gasteiger partial charge >= 0.3 is 0 Å². The average molecular weight is 692 g/mol. The molecule has 1 aliphatic heterocycles. The minimum atomic E-state index is 0. The predicted octanol–water partition coefficient (Wildman–Crippen LogP) is -2.32. The van der Waals surface area contributed by atoms with E-state index in [1.165, 1.54) is 23.3 Å². The van der Waals surface area contributed by atoms with Crippen LogP contribution in [0.25, 0.3) is 15.9 Å². The molecule has 0 N–H and O–H groups in total. The van der Waals surface area contributed by atoms with E-state index in [0.717, 1.165) is 81.8 Å². The maximum atomic E-state index is 14.0. The topological polar surface area (TPSA) is 34.9 Å². The number of hydrogen-bond acceptors (Lipinski definition) is 3. The highest BCUT2D eigenvalue weighted by Crippen LogP contribution is 2.34. The van der Waals surface area contributed by atoms with Gasteiger partial charge in [-0.1, -0.05) is 18.2 Å². The lowest BCUT2D eigenvalue weighted by Gasteiger charge is -2.44. The van der Waals surface area contributed by atoms with E-state index in [0.29, 0.717) is 0 Å². The lowest BCUT2D eigenvalue weighted by atomic mass is 9.97. The second-order valence-electron chi connectivity index (χ2n) is 10.5. The molecule has 1 saturated heterocycles. The first kappa shape index (κ1) is 27.0. The molecule has 5 rings (SSSR count). The zero-order valence-electron chi connectivity index (χ0n) is 20.0. The van der Waals surface area contributed by atoms with Gasteiger partial charge in [-0.3, -0.25) is 9.36 Å². The van der Waals surface area contributed by atoms with Gasteiger partial charge in [-0.2, -0.15) is 0 Å². The van der Waals surface area contributed by atoms with Crippen LogP contribution in [0, 0.1) is 6.92 Å². The lowest BCUT2D eigenvalue weighted by Crippen LogP contribution is -3.00. The van der Waals surface area contributed by atoms with Gasteiger partial charge in [0.2, 0.25) is 0 Å². The standard InChI is InChI=1S/C25H34N4OS.2HI/c1-18-9-5-7-11-20(18)27-22(17-29(4)15-13-28(2,3)14-16-29)26-24-23(25(27)30)19-10-6-8-12-21(19)31-24;;/h5,7,9,11H,6,8,10,12-17H2,1-4H3;2*1H/q+2;;/p-2. The Hall–Kier alpha value is -0.560. The number of para-hydroxylation sites is 1. The van der Waals surface area contributed by atoms with Crippen molar-refractivity contribution < 1.29 is 56.9 Å². The van der Waals surface area contributed by atoms with Crippen LogP contribution in [0.4, 0.5) is 0 Å². The van der Waals surface area contributed by atoms with Crippen LogP contribution in [-0.4, -0.2) is 65.8 Å². The van der Waals surface area contributed by atoms with Crippen LogP contribution in [0.5, 0.6) is 0 Å². The van der Waals surface area contributed by atoms with Crippen LogP contribution < -0.4 is 53.5 Å². The smallest absolute Gasteiger partial charge is 0.267 e. The molecule has 180 valence electrons. The summed E-state index contributed by atoms with van der Waals surface area (Å²) in [5.41, 5.74) is 3.51. The molecule has 0 unspecified atom stereocenters. The van der Waals surface area contributed by atoms with Crippen LogP contribution in [0.1, 0.15) is 34.7 Å². The summed E-state index contributed by atoms with van der Waals surface area (Å²) < 4.78 is 3.95. The first-order valence-corrected chi connectivity index (χ1v) is 12.4. The number of aryl methyl sites for hydroxylation is 3. The highest BCUT2D eigenvalue weighted by molar-refractivity contribution is 7.18. The predicted molar refractivity (Wildman–Crippen MR) is 128 cm³/mol. The Morgan fingerprint density at radius 3 is 2.36 bits per heavy atom. The Balaban J connectivity index is 0.00000153. The molecule has 0 atom stereocenters. The first-order valence-electron chi connectivity index (χ1n) is 11.5. The second kappa shape index (κ2) is 10.2. The third-order valence-electron chi connectivity index (χ3n) is 7.43. The highest BCUT2D eigenvalue weighted by Gasteiger charge is 2.36. The number of piperazine rings is 1. The number of halogens is 2. The summed E-state index contributed by atoms with van der Waals surface area (Å²) in [6, 6.07) is 8.24. The number of nitrogens with zero attached hydrogens (tertiary/aromatic N) is 4. The molecule has 1 aromatic carbocycles. The zero-order chi connectivity index (χ0) is 21.8. The maximum absolute atomic E-state index is 14.0. The third-order valence-corrected chi connectivity index (χ3v) is 8.61.